The summed E-state index contributed by atoms with van der Waals surface area (Å²) in [5.74, 6) is 1.73. The zero-order valence-electron chi connectivity index (χ0n) is 14.7. The normalized spacial score (nSPS) is 23.2. The first-order valence-corrected chi connectivity index (χ1v) is 12.1. The number of sulfone groups is 1. The van der Waals surface area contributed by atoms with E-state index in [0.29, 0.717) is 0 Å². The van der Waals surface area contributed by atoms with Gasteiger partial charge in [0, 0.05) is 10.2 Å². The SMILES string of the molecule is COc1ccccc1N1C(SCc2ccc(Br)cc2)=N[C@@H]2CS(=O)(=O)C[C@H]21. The van der Waals surface area contributed by atoms with Gasteiger partial charge in [0.1, 0.15) is 5.75 Å². The Morgan fingerprint density at radius 2 is 1.93 bits per heavy atom. The van der Waals surface area contributed by atoms with E-state index in [1.165, 1.54) is 5.56 Å². The van der Waals surface area contributed by atoms with Crippen molar-refractivity contribution in [1.82, 2.24) is 0 Å². The van der Waals surface area contributed by atoms with Gasteiger partial charge in [0.05, 0.1) is 36.4 Å². The first-order valence-electron chi connectivity index (χ1n) is 8.54. The van der Waals surface area contributed by atoms with Crippen LogP contribution >= 0.6 is 27.7 Å². The van der Waals surface area contributed by atoms with Crippen molar-refractivity contribution >= 4 is 48.4 Å². The van der Waals surface area contributed by atoms with Gasteiger partial charge in [-0.3, -0.25) is 4.99 Å². The number of anilines is 1. The van der Waals surface area contributed by atoms with Crippen LogP contribution in [0.2, 0.25) is 0 Å². The number of benzene rings is 2. The minimum atomic E-state index is -3.07. The van der Waals surface area contributed by atoms with Crippen LogP contribution in [0.5, 0.6) is 5.75 Å². The smallest absolute Gasteiger partial charge is 0.164 e. The van der Waals surface area contributed by atoms with Crippen LogP contribution < -0.4 is 9.64 Å². The molecule has 0 spiro atoms. The van der Waals surface area contributed by atoms with Gasteiger partial charge in [0.2, 0.25) is 0 Å². The van der Waals surface area contributed by atoms with Gasteiger partial charge in [-0.1, -0.05) is 52.0 Å². The van der Waals surface area contributed by atoms with E-state index < -0.39 is 9.84 Å². The second-order valence-corrected chi connectivity index (χ2v) is 10.6. The third-order valence-corrected chi connectivity index (χ3v) is 8.00. The molecule has 2 aliphatic heterocycles. The van der Waals surface area contributed by atoms with Gasteiger partial charge in [0.15, 0.2) is 15.0 Å². The lowest BCUT2D eigenvalue weighted by Crippen LogP contribution is -2.39. The van der Waals surface area contributed by atoms with Crippen molar-refractivity contribution in [2.75, 3.05) is 23.5 Å². The number of amidine groups is 1. The largest absolute Gasteiger partial charge is 0.495 e. The number of halogens is 1. The Bertz CT molecular complexity index is 977. The number of para-hydroxylation sites is 2. The van der Waals surface area contributed by atoms with Crippen LogP contribution in [0.4, 0.5) is 5.69 Å². The third-order valence-electron chi connectivity index (χ3n) is 4.73. The zero-order valence-corrected chi connectivity index (χ0v) is 17.9. The second-order valence-electron chi connectivity index (χ2n) is 6.58. The molecule has 1 saturated heterocycles. The number of nitrogens with zero attached hydrogens (tertiary/aromatic N) is 2. The van der Waals surface area contributed by atoms with E-state index in [2.05, 4.69) is 33.0 Å². The van der Waals surface area contributed by atoms with Gasteiger partial charge < -0.3 is 9.64 Å². The Morgan fingerprint density at radius 1 is 1.19 bits per heavy atom. The molecule has 0 unspecified atom stereocenters. The zero-order chi connectivity index (χ0) is 19.0. The maximum Gasteiger partial charge on any atom is 0.164 e. The molecule has 8 heteroatoms. The maximum atomic E-state index is 12.2. The third kappa shape index (κ3) is 3.88. The molecule has 2 aromatic rings. The van der Waals surface area contributed by atoms with Crippen LogP contribution in [0, 0.1) is 0 Å². The van der Waals surface area contributed by atoms with Crippen LogP contribution in [0.1, 0.15) is 5.56 Å². The summed E-state index contributed by atoms with van der Waals surface area (Å²) in [5.41, 5.74) is 2.06. The van der Waals surface area contributed by atoms with Crippen LogP contribution in [0.3, 0.4) is 0 Å². The standard InChI is InChI=1S/C19H19BrN2O3S2/c1-25-18-5-3-2-4-16(18)22-17-12-27(23,24)11-15(17)21-19(22)26-10-13-6-8-14(20)9-7-13/h2-9,15,17H,10-12H2,1H3/t15-,17-/m1/s1. The number of ether oxygens (including phenoxy) is 1. The highest BCUT2D eigenvalue weighted by atomic mass is 79.9. The van der Waals surface area contributed by atoms with E-state index in [4.69, 9.17) is 9.73 Å². The summed E-state index contributed by atoms with van der Waals surface area (Å²) >= 11 is 5.08. The van der Waals surface area contributed by atoms with E-state index in [-0.39, 0.29) is 23.6 Å². The van der Waals surface area contributed by atoms with Crippen molar-refractivity contribution < 1.29 is 13.2 Å². The van der Waals surface area contributed by atoms with Gasteiger partial charge in [-0.25, -0.2) is 8.42 Å². The highest BCUT2D eigenvalue weighted by Gasteiger charge is 2.47. The summed E-state index contributed by atoms with van der Waals surface area (Å²) in [6.07, 6.45) is 0. The molecule has 2 heterocycles. The lowest BCUT2D eigenvalue weighted by Gasteiger charge is -2.27. The first kappa shape index (κ1) is 18.8. The molecule has 0 aliphatic carbocycles. The van der Waals surface area contributed by atoms with Gasteiger partial charge in [-0.15, -0.1) is 0 Å². The number of aliphatic imine (C=N–C) groups is 1. The summed E-state index contributed by atoms with van der Waals surface area (Å²) in [4.78, 5) is 6.83. The molecule has 0 saturated carbocycles. The quantitative estimate of drug-likeness (QED) is 0.686. The molecule has 2 aliphatic rings. The number of thioether (sulfide) groups is 1. The van der Waals surface area contributed by atoms with Crippen molar-refractivity contribution in [1.29, 1.82) is 0 Å². The van der Waals surface area contributed by atoms with E-state index >= 15 is 0 Å². The molecule has 27 heavy (non-hydrogen) atoms. The highest BCUT2D eigenvalue weighted by molar-refractivity contribution is 9.10. The minimum absolute atomic E-state index is 0.117. The number of hydrogen-bond donors (Lipinski definition) is 0. The number of hydrogen-bond acceptors (Lipinski definition) is 6. The number of methoxy groups -OCH3 is 1. The van der Waals surface area contributed by atoms with Crippen LogP contribution in [-0.2, 0) is 15.6 Å². The fourth-order valence-electron chi connectivity index (χ4n) is 3.47. The monoisotopic (exact) mass is 466 g/mol. The molecular weight excluding hydrogens is 448 g/mol. The highest BCUT2D eigenvalue weighted by Crippen LogP contribution is 2.39. The van der Waals surface area contributed by atoms with E-state index in [0.717, 1.165) is 26.8 Å². The minimum Gasteiger partial charge on any atom is -0.495 e. The van der Waals surface area contributed by atoms with E-state index in [1.807, 2.05) is 36.4 Å². The van der Waals surface area contributed by atoms with Crippen molar-refractivity contribution in [3.05, 3.63) is 58.6 Å². The lowest BCUT2D eigenvalue weighted by molar-refractivity contribution is 0.415. The van der Waals surface area contributed by atoms with Crippen LogP contribution in [0.15, 0.2) is 58.0 Å². The molecule has 0 amide bonds. The average molecular weight is 467 g/mol. The average Bonchev–Trinajstić information content (AvgIpc) is 3.12. The maximum absolute atomic E-state index is 12.2. The molecule has 0 bridgehead atoms. The number of rotatable bonds is 4. The Balaban J connectivity index is 1.64. The molecule has 1 fully saturated rings. The summed E-state index contributed by atoms with van der Waals surface area (Å²) in [5, 5.41) is 0.854. The van der Waals surface area contributed by atoms with E-state index in [1.54, 1.807) is 18.9 Å². The molecule has 0 radical (unpaired) electrons. The van der Waals surface area contributed by atoms with Gasteiger partial charge in [0.25, 0.3) is 0 Å². The van der Waals surface area contributed by atoms with Crippen LogP contribution in [0.25, 0.3) is 0 Å². The Morgan fingerprint density at radius 3 is 2.67 bits per heavy atom. The van der Waals surface area contributed by atoms with Crippen molar-refractivity contribution in [3.8, 4) is 5.75 Å². The predicted octanol–water partition coefficient (Wildman–Crippen LogP) is 3.73. The summed E-state index contributed by atoms with van der Waals surface area (Å²) in [6.45, 7) is 0. The predicted molar refractivity (Wildman–Crippen MR) is 115 cm³/mol. The molecule has 0 aromatic heterocycles. The van der Waals surface area contributed by atoms with Gasteiger partial charge in [-0.05, 0) is 29.8 Å². The fourth-order valence-corrected chi connectivity index (χ4v) is 6.65. The first-order chi connectivity index (χ1) is 13.0. The number of fused-ring (bicyclic) bond motifs is 1. The molecule has 2 atom stereocenters. The molecule has 142 valence electrons. The van der Waals surface area contributed by atoms with E-state index in [9.17, 15) is 8.42 Å². The summed E-state index contributed by atoms with van der Waals surface area (Å²) in [6, 6.07) is 15.5. The van der Waals surface area contributed by atoms with Crippen molar-refractivity contribution in [2.24, 2.45) is 4.99 Å². The molecule has 2 aromatic carbocycles. The summed E-state index contributed by atoms with van der Waals surface area (Å²) in [7, 11) is -1.44. The lowest BCUT2D eigenvalue weighted by atomic mass is 10.1. The second kappa shape index (κ2) is 7.48. The van der Waals surface area contributed by atoms with Gasteiger partial charge >= 0.3 is 0 Å². The van der Waals surface area contributed by atoms with Crippen LogP contribution in [-0.4, -0.2) is 44.3 Å². The van der Waals surface area contributed by atoms with Gasteiger partial charge in [-0.2, -0.15) is 0 Å². The Kier molecular flexibility index (Phi) is 5.22. The topological polar surface area (TPSA) is 59.0 Å². The summed E-state index contributed by atoms with van der Waals surface area (Å²) < 4.78 is 30.9. The van der Waals surface area contributed by atoms with Crippen molar-refractivity contribution in [3.63, 3.8) is 0 Å². The Hall–Kier alpha value is -1.51. The molecule has 0 N–H and O–H groups in total. The molecule has 4 rings (SSSR count). The Labute approximate surface area is 171 Å². The fraction of sp³-hybridized carbons (Fsp3) is 0.316. The van der Waals surface area contributed by atoms with Crippen molar-refractivity contribution in [2.45, 2.75) is 17.8 Å². The molecular formula is C19H19BrN2O3S2. The molecule has 5 nitrogen and oxygen atoms in total.